The molecule has 0 radical (unpaired) electrons. The molecule has 1 aliphatic heterocycles. The fourth-order valence-corrected chi connectivity index (χ4v) is 2.29. The lowest BCUT2D eigenvalue weighted by Crippen LogP contribution is -2.33. The Morgan fingerprint density at radius 2 is 2.11 bits per heavy atom. The molecular formula is C14H24N4O. The van der Waals surface area contributed by atoms with E-state index in [4.69, 9.17) is 10.5 Å². The molecule has 1 aromatic rings. The number of aromatic nitrogens is 2. The van der Waals surface area contributed by atoms with Gasteiger partial charge in [0.2, 0.25) is 0 Å². The lowest BCUT2D eigenvalue weighted by Gasteiger charge is -2.33. The van der Waals surface area contributed by atoms with Gasteiger partial charge in [-0.15, -0.1) is 0 Å². The van der Waals surface area contributed by atoms with Crippen molar-refractivity contribution in [1.29, 1.82) is 0 Å². The number of nitrogen functional groups attached to an aromatic ring is 1. The topological polar surface area (TPSA) is 73.1 Å². The van der Waals surface area contributed by atoms with E-state index in [1.807, 2.05) is 6.07 Å². The van der Waals surface area contributed by atoms with Crippen molar-refractivity contribution in [3.63, 3.8) is 0 Å². The van der Waals surface area contributed by atoms with Crippen molar-refractivity contribution in [1.82, 2.24) is 9.97 Å². The number of hydrogen-bond donors (Lipinski definition) is 2. The number of aryl methyl sites for hydroxylation is 1. The van der Waals surface area contributed by atoms with E-state index in [1.54, 1.807) is 0 Å². The van der Waals surface area contributed by atoms with Crippen LogP contribution >= 0.6 is 0 Å². The van der Waals surface area contributed by atoms with E-state index in [-0.39, 0.29) is 5.41 Å². The van der Waals surface area contributed by atoms with E-state index in [0.717, 1.165) is 57.1 Å². The second-order valence-corrected chi connectivity index (χ2v) is 5.62. The zero-order valence-electron chi connectivity index (χ0n) is 11.9. The highest BCUT2D eigenvalue weighted by molar-refractivity contribution is 5.44. The second-order valence-electron chi connectivity index (χ2n) is 5.62. The number of nitrogens with zero attached hydrogens (tertiary/aromatic N) is 2. The average Bonchev–Trinajstić information content (AvgIpc) is 2.37. The summed E-state index contributed by atoms with van der Waals surface area (Å²) in [5, 5.41) is 3.41. The van der Waals surface area contributed by atoms with Crippen molar-refractivity contribution in [3.8, 4) is 0 Å². The monoisotopic (exact) mass is 264 g/mol. The van der Waals surface area contributed by atoms with Crippen molar-refractivity contribution in [2.24, 2.45) is 5.41 Å². The Hall–Kier alpha value is -1.36. The summed E-state index contributed by atoms with van der Waals surface area (Å²) < 4.78 is 5.41. The maximum absolute atomic E-state index is 5.82. The third-order valence-corrected chi connectivity index (χ3v) is 3.66. The number of anilines is 2. The Morgan fingerprint density at radius 3 is 2.79 bits per heavy atom. The largest absolute Gasteiger partial charge is 0.384 e. The van der Waals surface area contributed by atoms with Crippen molar-refractivity contribution in [2.45, 2.75) is 39.5 Å². The van der Waals surface area contributed by atoms with Crippen LogP contribution < -0.4 is 11.1 Å². The molecule has 0 unspecified atom stereocenters. The maximum Gasteiger partial charge on any atom is 0.133 e. The summed E-state index contributed by atoms with van der Waals surface area (Å²) in [6, 6.07) is 1.81. The zero-order chi connectivity index (χ0) is 13.7. The molecule has 1 fully saturated rings. The minimum Gasteiger partial charge on any atom is -0.384 e. The fourth-order valence-electron chi connectivity index (χ4n) is 2.29. The molecule has 0 amide bonds. The van der Waals surface area contributed by atoms with Gasteiger partial charge in [-0.3, -0.25) is 0 Å². The van der Waals surface area contributed by atoms with E-state index in [0.29, 0.717) is 5.82 Å². The maximum atomic E-state index is 5.82. The van der Waals surface area contributed by atoms with Gasteiger partial charge in [0, 0.05) is 32.2 Å². The van der Waals surface area contributed by atoms with Crippen LogP contribution in [0.2, 0.25) is 0 Å². The Balaban J connectivity index is 1.98. The van der Waals surface area contributed by atoms with E-state index >= 15 is 0 Å². The number of nitrogens with one attached hydrogen (secondary N) is 1. The van der Waals surface area contributed by atoms with E-state index < -0.39 is 0 Å². The summed E-state index contributed by atoms with van der Waals surface area (Å²) >= 11 is 0. The van der Waals surface area contributed by atoms with Gasteiger partial charge in [-0.2, -0.15) is 0 Å². The van der Waals surface area contributed by atoms with Crippen molar-refractivity contribution in [2.75, 3.05) is 30.8 Å². The third kappa shape index (κ3) is 4.06. The number of ether oxygens (including phenoxy) is 1. The summed E-state index contributed by atoms with van der Waals surface area (Å²) in [7, 11) is 0. The molecule has 5 heteroatoms. The molecule has 2 heterocycles. The molecule has 0 spiro atoms. The minimum atomic E-state index is 0.281. The fraction of sp³-hybridized carbons (Fsp3) is 0.714. The van der Waals surface area contributed by atoms with Gasteiger partial charge in [0.05, 0.1) is 0 Å². The zero-order valence-corrected chi connectivity index (χ0v) is 11.9. The first-order chi connectivity index (χ1) is 9.11. The van der Waals surface area contributed by atoms with Crippen molar-refractivity contribution in [3.05, 3.63) is 11.9 Å². The van der Waals surface area contributed by atoms with Crippen LogP contribution in [0.25, 0.3) is 0 Å². The van der Waals surface area contributed by atoms with Gasteiger partial charge >= 0.3 is 0 Å². The normalized spacial score (nSPS) is 18.2. The predicted molar refractivity (Wildman–Crippen MR) is 77.1 cm³/mol. The second kappa shape index (κ2) is 6.19. The summed E-state index contributed by atoms with van der Waals surface area (Å²) in [4.78, 5) is 8.75. The molecule has 0 saturated carbocycles. The van der Waals surface area contributed by atoms with Crippen LogP contribution in [0.3, 0.4) is 0 Å². The molecule has 0 bridgehead atoms. The van der Waals surface area contributed by atoms with Gasteiger partial charge in [-0.05, 0) is 24.7 Å². The van der Waals surface area contributed by atoms with Gasteiger partial charge in [0.25, 0.3) is 0 Å². The van der Waals surface area contributed by atoms with Crippen LogP contribution in [0.4, 0.5) is 11.6 Å². The van der Waals surface area contributed by atoms with Crippen LogP contribution in [0.15, 0.2) is 6.07 Å². The van der Waals surface area contributed by atoms with Crippen LogP contribution in [0.5, 0.6) is 0 Å². The first kappa shape index (κ1) is 14.1. The molecule has 1 aliphatic rings. The molecule has 0 atom stereocenters. The van der Waals surface area contributed by atoms with Gasteiger partial charge in [0.15, 0.2) is 0 Å². The molecule has 19 heavy (non-hydrogen) atoms. The number of nitrogens with two attached hydrogens (primary N) is 1. The molecule has 0 aliphatic carbocycles. The highest BCUT2D eigenvalue weighted by atomic mass is 16.5. The summed E-state index contributed by atoms with van der Waals surface area (Å²) in [6.45, 7) is 7.01. The predicted octanol–water partition coefficient (Wildman–Crippen LogP) is 2.24. The van der Waals surface area contributed by atoms with Crippen molar-refractivity contribution < 1.29 is 4.74 Å². The number of hydrogen-bond acceptors (Lipinski definition) is 5. The van der Waals surface area contributed by atoms with E-state index in [1.165, 1.54) is 0 Å². The van der Waals surface area contributed by atoms with E-state index in [9.17, 15) is 0 Å². The molecule has 2 rings (SSSR count). The summed E-state index contributed by atoms with van der Waals surface area (Å²) in [5.41, 5.74) is 6.10. The van der Waals surface area contributed by atoms with Crippen LogP contribution in [0, 0.1) is 5.41 Å². The van der Waals surface area contributed by atoms with E-state index in [2.05, 4.69) is 29.1 Å². The van der Waals surface area contributed by atoms with Gasteiger partial charge in [-0.1, -0.05) is 13.8 Å². The van der Waals surface area contributed by atoms with Crippen LogP contribution in [-0.4, -0.2) is 29.7 Å². The third-order valence-electron chi connectivity index (χ3n) is 3.66. The SMILES string of the molecule is CCCc1nc(N)cc(NCC2(C)CCOCC2)n1. The Bertz CT molecular complexity index is 416. The smallest absolute Gasteiger partial charge is 0.133 e. The molecule has 5 nitrogen and oxygen atoms in total. The van der Waals surface area contributed by atoms with Crippen LogP contribution in [-0.2, 0) is 11.2 Å². The molecular weight excluding hydrogens is 240 g/mol. The lowest BCUT2D eigenvalue weighted by molar-refractivity contribution is 0.0299. The van der Waals surface area contributed by atoms with Gasteiger partial charge in [-0.25, -0.2) is 9.97 Å². The first-order valence-electron chi connectivity index (χ1n) is 7.06. The molecule has 106 valence electrons. The standard InChI is InChI=1S/C14H24N4O/c1-3-4-12-17-11(15)9-13(18-12)16-10-14(2)5-7-19-8-6-14/h9H,3-8,10H2,1-2H3,(H3,15,16,17,18). The Kier molecular flexibility index (Phi) is 4.58. The lowest BCUT2D eigenvalue weighted by atomic mass is 9.82. The average molecular weight is 264 g/mol. The molecule has 3 N–H and O–H groups in total. The highest BCUT2D eigenvalue weighted by Crippen LogP contribution is 2.29. The quantitative estimate of drug-likeness (QED) is 0.853. The van der Waals surface area contributed by atoms with Gasteiger partial charge < -0.3 is 15.8 Å². The molecule has 1 aromatic heterocycles. The molecule has 0 aromatic carbocycles. The minimum absolute atomic E-state index is 0.281. The first-order valence-corrected chi connectivity index (χ1v) is 7.06. The Labute approximate surface area is 115 Å². The summed E-state index contributed by atoms with van der Waals surface area (Å²) in [6.07, 6.45) is 4.06. The molecule has 1 saturated heterocycles. The van der Waals surface area contributed by atoms with Crippen LogP contribution in [0.1, 0.15) is 38.9 Å². The number of rotatable bonds is 5. The Morgan fingerprint density at radius 1 is 1.37 bits per heavy atom. The van der Waals surface area contributed by atoms with Gasteiger partial charge in [0.1, 0.15) is 17.5 Å². The highest BCUT2D eigenvalue weighted by Gasteiger charge is 2.27. The summed E-state index contributed by atoms with van der Waals surface area (Å²) in [5.74, 6) is 2.20. The van der Waals surface area contributed by atoms with Crippen molar-refractivity contribution >= 4 is 11.6 Å².